The molecule has 1 N–H and O–H groups in total. The second kappa shape index (κ2) is 12.9. The number of esters is 1. The van der Waals surface area contributed by atoms with E-state index in [1.54, 1.807) is 27.8 Å². The van der Waals surface area contributed by atoms with Crippen LogP contribution in [0.1, 0.15) is 63.6 Å². The van der Waals surface area contributed by atoms with Gasteiger partial charge < -0.3 is 9.64 Å². The van der Waals surface area contributed by atoms with Crippen molar-refractivity contribution in [2.24, 2.45) is 5.92 Å². The van der Waals surface area contributed by atoms with Gasteiger partial charge in [-0.25, -0.2) is 9.00 Å². The van der Waals surface area contributed by atoms with Crippen LogP contribution in [0.15, 0.2) is 60.7 Å². The van der Waals surface area contributed by atoms with Crippen LogP contribution >= 0.6 is 11.3 Å². The number of ether oxygens (including phenoxy) is 1. The standard InChI is InChI=1S/C30H38N2O5S2/c1-20(2)17-25-18-26(28(38-25)32(39(35)36)30(4,5)6)23-15-13-22(14-16-23)19-31(21(3)33)27(29(34)37-7)24-11-9-8-10-12-24/h8-16,18,20,27H,17,19H2,1-7H3,(H,35,36)/t27-/m0/s1. The van der Waals surface area contributed by atoms with E-state index in [4.69, 9.17) is 4.74 Å². The molecule has 0 aliphatic rings. The minimum Gasteiger partial charge on any atom is -0.467 e. The number of nitrogens with zero attached hydrogens (tertiary/aromatic N) is 2. The van der Waals surface area contributed by atoms with Gasteiger partial charge in [0.25, 0.3) is 11.3 Å². The number of methoxy groups -OCH3 is 1. The maximum atomic E-state index is 12.7. The number of hydrogen-bond acceptors (Lipinski definition) is 5. The van der Waals surface area contributed by atoms with E-state index in [9.17, 15) is 18.4 Å². The van der Waals surface area contributed by atoms with Gasteiger partial charge in [0.05, 0.1) is 7.11 Å². The highest BCUT2D eigenvalue weighted by Crippen LogP contribution is 2.43. The average molecular weight is 571 g/mol. The van der Waals surface area contributed by atoms with E-state index >= 15 is 0 Å². The summed E-state index contributed by atoms with van der Waals surface area (Å²) in [6, 6.07) is 18.1. The fourth-order valence-electron chi connectivity index (χ4n) is 4.46. The molecule has 2 aromatic carbocycles. The molecule has 2 atom stereocenters. The molecule has 0 radical (unpaired) electrons. The topological polar surface area (TPSA) is 87.2 Å². The van der Waals surface area contributed by atoms with Crippen LogP contribution in [0.4, 0.5) is 5.00 Å². The fraction of sp³-hybridized carbons (Fsp3) is 0.400. The molecule has 9 heteroatoms. The van der Waals surface area contributed by atoms with Crippen LogP contribution in [0.5, 0.6) is 0 Å². The van der Waals surface area contributed by atoms with Gasteiger partial charge in [0.1, 0.15) is 5.00 Å². The van der Waals surface area contributed by atoms with E-state index < -0.39 is 28.8 Å². The third-order valence-corrected chi connectivity index (χ3v) is 8.50. The number of anilines is 1. The van der Waals surface area contributed by atoms with Gasteiger partial charge in [-0.2, -0.15) is 0 Å². The second-order valence-corrected chi connectivity index (χ2v) is 12.8. The van der Waals surface area contributed by atoms with Gasteiger partial charge in [0.2, 0.25) is 5.91 Å². The van der Waals surface area contributed by atoms with Gasteiger partial charge >= 0.3 is 5.97 Å². The van der Waals surface area contributed by atoms with Gasteiger partial charge in [-0.3, -0.25) is 13.7 Å². The maximum Gasteiger partial charge on any atom is 0.333 e. The minimum atomic E-state index is -2.20. The summed E-state index contributed by atoms with van der Waals surface area (Å²) >= 11 is -0.657. The molecule has 1 heterocycles. The minimum absolute atomic E-state index is 0.216. The highest BCUT2D eigenvalue weighted by atomic mass is 32.2. The lowest BCUT2D eigenvalue weighted by molar-refractivity contribution is -0.153. The van der Waals surface area contributed by atoms with E-state index in [0.29, 0.717) is 11.5 Å². The lowest BCUT2D eigenvalue weighted by atomic mass is 10.0. The lowest BCUT2D eigenvalue weighted by Gasteiger charge is -2.33. The molecule has 0 bridgehead atoms. The van der Waals surface area contributed by atoms with Crippen molar-refractivity contribution in [1.82, 2.24) is 4.90 Å². The number of hydrogen-bond donors (Lipinski definition) is 1. The Balaban J connectivity index is 2.00. The molecule has 0 aliphatic carbocycles. The first-order valence-corrected chi connectivity index (χ1v) is 14.7. The van der Waals surface area contributed by atoms with Crippen molar-refractivity contribution in [1.29, 1.82) is 0 Å². The van der Waals surface area contributed by atoms with Crippen LogP contribution in [0, 0.1) is 5.92 Å². The van der Waals surface area contributed by atoms with Crippen LogP contribution < -0.4 is 4.31 Å². The maximum absolute atomic E-state index is 12.7. The molecule has 0 saturated carbocycles. The zero-order valence-electron chi connectivity index (χ0n) is 23.6. The Morgan fingerprint density at radius 1 is 1.05 bits per heavy atom. The van der Waals surface area contributed by atoms with Gasteiger partial charge in [0.15, 0.2) is 6.04 Å². The van der Waals surface area contributed by atoms with Crippen LogP contribution in [-0.2, 0) is 38.6 Å². The van der Waals surface area contributed by atoms with Gasteiger partial charge in [-0.15, -0.1) is 11.3 Å². The van der Waals surface area contributed by atoms with Gasteiger partial charge in [-0.1, -0.05) is 68.4 Å². The van der Waals surface area contributed by atoms with Crippen molar-refractivity contribution < 1.29 is 23.1 Å². The predicted octanol–water partition coefficient (Wildman–Crippen LogP) is 6.62. The molecule has 0 aliphatic heterocycles. The summed E-state index contributed by atoms with van der Waals surface area (Å²) in [4.78, 5) is 28.1. The molecule has 39 heavy (non-hydrogen) atoms. The molecule has 1 unspecified atom stereocenters. The Labute approximate surface area is 238 Å². The van der Waals surface area contributed by atoms with Crippen LogP contribution in [0.2, 0.25) is 0 Å². The predicted molar refractivity (Wildman–Crippen MR) is 159 cm³/mol. The van der Waals surface area contributed by atoms with Gasteiger partial charge in [-0.05, 0) is 55.9 Å². The number of carbonyl (C=O) groups is 2. The molecule has 3 aromatic rings. The first-order chi connectivity index (χ1) is 18.3. The Kier molecular flexibility index (Phi) is 10.1. The molecule has 0 spiro atoms. The highest BCUT2D eigenvalue weighted by Gasteiger charge is 2.32. The van der Waals surface area contributed by atoms with Crippen LogP contribution in [0.3, 0.4) is 0 Å². The van der Waals surface area contributed by atoms with E-state index in [1.807, 2.05) is 63.2 Å². The quantitative estimate of drug-likeness (QED) is 0.219. The first-order valence-electron chi connectivity index (χ1n) is 12.9. The Hall–Kier alpha value is -3.01. The third kappa shape index (κ3) is 7.56. The molecule has 3 rings (SSSR count). The summed E-state index contributed by atoms with van der Waals surface area (Å²) in [5.41, 5.74) is 2.74. The van der Waals surface area contributed by atoms with Crippen molar-refractivity contribution in [3.63, 3.8) is 0 Å². The summed E-state index contributed by atoms with van der Waals surface area (Å²) < 4.78 is 29.2. The van der Waals surface area contributed by atoms with Crippen molar-refractivity contribution in [3.05, 3.63) is 76.7 Å². The molecule has 1 aromatic heterocycles. The average Bonchev–Trinajstić information content (AvgIpc) is 3.25. The molecule has 0 saturated heterocycles. The van der Waals surface area contributed by atoms with Crippen molar-refractivity contribution >= 4 is 39.5 Å². The summed E-state index contributed by atoms with van der Waals surface area (Å²) in [5.74, 6) is -0.310. The van der Waals surface area contributed by atoms with Gasteiger partial charge in [0, 0.05) is 29.4 Å². The Morgan fingerprint density at radius 3 is 2.15 bits per heavy atom. The normalized spacial score (nSPS) is 13.2. The van der Waals surface area contributed by atoms with Crippen molar-refractivity contribution in [3.8, 4) is 11.1 Å². The highest BCUT2D eigenvalue weighted by molar-refractivity contribution is 7.81. The number of carbonyl (C=O) groups excluding carboxylic acids is 2. The first kappa shape index (κ1) is 30.5. The summed E-state index contributed by atoms with van der Waals surface area (Å²) in [7, 11) is 1.32. The molecule has 1 amide bonds. The lowest BCUT2D eigenvalue weighted by Crippen LogP contribution is -2.42. The molecule has 210 valence electrons. The number of benzene rings is 2. The summed E-state index contributed by atoms with van der Waals surface area (Å²) in [6.07, 6.45) is 0.869. The molecule has 7 nitrogen and oxygen atoms in total. The number of rotatable bonds is 10. The van der Waals surface area contributed by atoms with E-state index in [-0.39, 0.29) is 12.5 Å². The van der Waals surface area contributed by atoms with Crippen molar-refractivity contribution in [2.45, 2.75) is 66.1 Å². The smallest absolute Gasteiger partial charge is 0.333 e. The Bertz CT molecular complexity index is 1300. The van der Waals surface area contributed by atoms with E-state index in [1.165, 1.54) is 18.9 Å². The Morgan fingerprint density at radius 2 is 1.67 bits per heavy atom. The molecular weight excluding hydrogens is 532 g/mol. The largest absolute Gasteiger partial charge is 0.467 e. The van der Waals surface area contributed by atoms with Crippen LogP contribution in [0.25, 0.3) is 11.1 Å². The SMILES string of the molecule is COC(=O)[C@H](c1ccccc1)N(Cc1ccc(-c2cc(CC(C)C)sc2N(S(=O)O)C(C)(C)C)cc1)C(C)=O. The van der Waals surface area contributed by atoms with Crippen molar-refractivity contribution in [2.75, 3.05) is 11.4 Å². The second-order valence-electron chi connectivity index (χ2n) is 10.9. The monoisotopic (exact) mass is 570 g/mol. The zero-order chi connectivity index (χ0) is 28.9. The number of thiophene rings is 1. The fourth-order valence-corrected chi connectivity index (χ4v) is 6.96. The molecular formula is C30H38N2O5S2. The zero-order valence-corrected chi connectivity index (χ0v) is 25.3. The number of amides is 1. The summed E-state index contributed by atoms with van der Waals surface area (Å²) in [5, 5.41) is 0.743. The third-order valence-electron chi connectivity index (χ3n) is 6.20. The van der Waals surface area contributed by atoms with E-state index in [0.717, 1.165) is 33.0 Å². The van der Waals surface area contributed by atoms with E-state index in [2.05, 4.69) is 19.9 Å². The van der Waals surface area contributed by atoms with Crippen LogP contribution in [-0.4, -0.2) is 38.2 Å². The summed E-state index contributed by atoms with van der Waals surface area (Å²) in [6.45, 7) is 11.7. The molecule has 0 fully saturated rings.